The van der Waals surface area contributed by atoms with Gasteiger partial charge in [-0.1, -0.05) is 26.3 Å². The predicted molar refractivity (Wildman–Crippen MR) is 82.4 cm³/mol. The first-order chi connectivity index (χ1) is 10.4. The van der Waals surface area contributed by atoms with E-state index < -0.39 is 23.9 Å². The van der Waals surface area contributed by atoms with Crippen LogP contribution >= 0.6 is 0 Å². The van der Waals surface area contributed by atoms with E-state index in [9.17, 15) is 14.4 Å². The van der Waals surface area contributed by atoms with Gasteiger partial charge in [0, 0.05) is 5.69 Å². The van der Waals surface area contributed by atoms with Crippen molar-refractivity contribution in [2.24, 2.45) is 11.7 Å². The van der Waals surface area contributed by atoms with Crippen LogP contribution in [0, 0.1) is 5.92 Å². The molecule has 0 radical (unpaired) electrons. The Morgan fingerprint density at radius 2 is 2.00 bits per heavy atom. The normalized spacial score (nSPS) is 12.9. The van der Waals surface area contributed by atoms with Crippen molar-refractivity contribution < 1.29 is 19.1 Å². The molecule has 0 fully saturated rings. The van der Waals surface area contributed by atoms with E-state index in [1.807, 2.05) is 13.8 Å². The Morgan fingerprint density at radius 1 is 1.32 bits per heavy atom. The standard InChI is InChI=1S/C15H21N3O4/c1-4-9(2)12(18-15(16)21)13(19)17-11-7-5-6-10(8-11)14(20)22-3/h5-9,12H,4H2,1-3H3,(H,17,19)(H3,16,18,21)/t9-,12-/m1/s1. The van der Waals surface area contributed by atoms with Gasteiger partial charge in [0.25, 0.3) is 0 Å². The van der Waals surface area contributed by atoms with Crippen LogP contribution in [-0.4, -0.2) is 31.1 Å². The third kappa shape index (κ3) is 4.76. The first-order valence-corrected chi connectivity index (χ1v) is 6.94. The maximum absolute atomic E-state index is 12.3. The van der Waals surface area contributed by atoms with Gasteiger partial charge in [0.15, 0.2) is 0 Å². The number of primary amides is 1. The highest BCUT2D eigenvalue weighted by Crippen LogP contribution is 2.14. The second-order valence-corrected chi connectivity index (χ2v) is 4.93. The summed E-state index contributed by atoms with van der Waals surface area (Å²) >= 11 is 0. The van der Waals surface area contributed by atoms with Gasteiger partial charge in [-0.3, -0.25) is 4.79 Å². The maximum atomic E-state index is 12.3. The molecule has 22 heavy (non-hydrogen) atoms. The van der Waals surface area contributed by atoms with Gasteiger partial charge in [-0.15, -0.1) is 0 Å². The molecule has 0 spiro atoms. The Kier molecular flexibility index (Phi) is 6.37. The van der Waals surface area contributed by atoms with E-state index in [1.165, 1.54) is 13.2 Å². The Balaban J connectivity index is 2.89. The molecule has 1 aromatic rings. The van der Waals surface area contributed by atoms with Crippen molar-refractivity contribution in [2.75, 3.05) is 12.4 Å². The number of amides is 3. The van der Waals surface area contributed by atoms with Gasteiger partial charge in [-0.25, -0.2) is 9.59 Å². The smallest absolute Gasteiger partial charge is 0.337 e. The highest BCUT2D eigenvalue weighted by molar-refractivity contribution is 5.98. The fraction of sp³-hybridized carbons (Fsp3) is 0.400. The van der Waals surface area contributed by atoms with E-state index in [4.69, 9.17) is 5.73 Å². The number of anilines is 1. The number of esters is 1. The number of rotatable bonds is 6. The number of carbonyl (C=O) groups excluding carboxylic acids is 3. The van der Waals surface area contributed by atoms with Gasteiger partial charge in [0.05, 0.1) is 12.7 Å². The van der Waals surface area contributed by atoms with Crippen molar-refractivity contribution in [1.82, 2.24) is 5.32 Å². The van der Waals surface area contributed by atoms with Crippen LogP contribution < -0.4 is 16.4 Å². The molecule has 3 amide bonds. The molecule has 0 aliphatic rings. The Bertz CT molecular complexity index is 559. The van der Waals surface area contributed by atoms with Gasteiger partial charge < -0.3 is 21.1 Å². The van der Waals surface area contributed by atoms with Gasteiger partial charge in [-0.2, -0.15) is 0 Å². The number of nitrogens with two attached hydrogens (primary N) is 1. The van der Waals surface area contributed by atoms with Crippen molar-refractivity contribution in [3.8, 4) is 0 Å². The molecule has 0 aliphatic heterocycles. The van der Waals surface area contributed by atoms with E-state index in [1.54, 1.807) is 18.2 Å². The van der Waals surface area contributed by atoms with Crippen LogP contribution in [0.25, 0.3) is 0 Å². The number of urea groups is 1. The fourth-order valence-corrected chi connectivity index (χ4v) is 1.92. The number of hydrogen-bond acceptors (Lipinski definition) is 4. The lowest BCUT2D eigenvalue weighted by atomic mass is 9.98. The van der Waals surface area contributed by atoms with Crippen LogP contribution in [0.3, 0.4) is 0 Å². The minimum atomic E-state index is -0.760. The Morgan fingerprint density at radius 3 is 2.55 bits per heavy atom. The monoisotopic (exact) mass is 307 g/mol. The summed E-state index contributed by atoms with van der Waals surface area (Å²) < 4.78 is 4.63. The van der Waals surface area contributed by atoms with Crippen LogP contribution in [0.15, 0.2) is 24.3 Å². The van der Waals surface area contributed by atoms with E-state index in [0.29, 0.717) is 17.7 Å². The fourth-order valence-electron chi connectivity index (χ4n) is 1.92. The molecule has 1 rings (SSSR count). The predicted octanol–water partition coefficient (Wildman–Crippen LogP) is 1.49. The number of hydrogen-bond donors (Lipinski definition) is 3. The molecule has 7 heteroatoms. The van der Waals surface area contributed by atoms with Crippen LogP contribution in [0.1, 0.15) is 30.6 Å². The minimum Gasteiger partial charge on any atom is -0.465 e. The first-order valence-electron chi connectivity index (χ1n) is 6.94. The highest BCUT2D eigenvalue weighted by Gasteiger charge is 2.25. The molecule has 0 heterocycles. The third-order valence-electron chi connectivity index (χ3n) is 3.34. The van der Waals surface area contributed by atoms with Gasteiger partial charge >= 0.3 is 12.0 Å². The van der Waals surface area contributed by atoms with Crippen molar-refractivity contribution in [1.29, 1.82) is 0 Å². The quantitative estimate of drug-likeness (QED) is 0.691. The maximum Gasteiger partial charge on any atom is 0.337 e. The molecule has 0 aromatic heterocycles. The first kappa shape index (κ1) is 17.5. The summed E-state index contributed by atoms with van der Waals surface area (Å²) in [5.74, 6) is -0.976. The van der Waals surface area contributed by atoms with Crippen LogP contribution in [0.4, 0.5) is 10.5 Å². The summed E-state index contributed by atoms with van der Waals surface area (Å²) in [7, 11) is 1.28. The zero-order chi connectivity index (χ0) is 16.7. The van der Waals surface area contributed by atoms with Gasteiger partial charge in [0.1, 0.15) is 6.04 Å². The molecule has 7 nitrogen and oxygen atoms in total. The van der Waals surface area contributed by atoms with E-state index in [2.05, 4.69) is 15.4 Å². The summed E-state index contributed by atoms with van der Waals surface area (Å²) in [5, 5.41) is 5.10. The van der Waals surface area contributed by atoms with Crippen LogP contribution in [0.2, 0.25) is 0 Å². The molecule has 0 aliphatic carbocycles. The number of benzene rings is 1. The number of nitrogens with one attached hydrogen (secondary N) is 2. The van der Waals surface area contributed by atoms with Gasteiger partial charge in [-0.05, 0) is 24.1 Å². The topological polar surface area (TPSA) is 111 Å². The average Bonchev–Trinajstić information content (AvgIpc) is 2.51. The number of carbonyl (C=O) groups is 3. The molecule has 0 saturated carbocycles. The summed E-state index contributed by atoms with van der Waals surface area (Å²) in [4.78, 5) is 34.8. The lowest BCUT2D eigenvalue weighted by Gasteiger charge is -2.22. The summed E-state index contributed by atoms with van der Waals surface area (Å²) in [6.45, 7) is 3.75. The minimum absolute atomic E-state index is 0.0868. The molecule has 0 saturated heterocycles. The molecule has 2 atom stereocenters. The Labute approximate surface area is 129 Å². The summed E-state index contributed by atoms with van der Waals surface area (Å²) in [6, 6.07) is 4.84. The van der Waals surface area contributed by atoms with Crippen molar-refractivity contribution in [3.05, 3.63) is 29.8 Å². The third-order valence-corrected chi connectivity index (χ3v) is 3.34. The van der Waals surface area contributed by atoms with Crippen molar-refractivity contribution in [2.45, 2.75) is 26.3 Å². The molecular formula is C15H21N3O4. The lowest BCUT2D eigenvalue weighted by molar-refractivity contribution is -0.119. The molecule has 120 valence electrons. The largest absolute Gasteiger partial charge is 0.465 e. The van der Waals surface area contributed by atoms with Crippen LogP contribution in [-0.2, 0) is 9.53 Å². The molecule has 1 aromatic carbocycles. The van der Waals surface area contributed by atoms with Crippen LogP contribution in [0.5, 0.6) is 0 Å². The second kappa shape index (κ2) is 8.02. The zero-order valence-electron chi connectivity index (χ0n) is 12.9. The molecular weight excluding hydrogens is 286 g/mol. The summed E-state index contributed by atoms with van der Waals surface area (Å²) in [5.41, 5.74) is 5.87. The summed E-state index contributed by atoms with van der Waals surface area (Å²) in [6.07, 6.45) is 0.695. The van der Waals surface area contributed by atoms with Gasteiger partial charge in [0.2, 0.25) is 5.91 Å². The number of methoxy groups -OCH3 is 1. The second-order valence-electron chi connectivity index (χ2n) is 4.93. The lowest BCUT2D eigenvalue weighted by Crippen LogP contribution is -2.49. The average molecular weight is 307 g/mol. The van der Waals surface area contributed by atoms with Crippen molar-refractivity contribution in [3.63, 3.8) is 0 Å². The SMILES string of the molecule is CC[C@@H](C)[C@@H](NC(N)=O)C(=O)Nc1cccc(C(=O)OC)c1. The Hall–Kier alpha value is -2.57. The molecule has 4 N–H and O–H groups in total. The van der Waals surface area contributed by atoms with E-state index in [-0.39, 0.29) is 5.92 Å². The molecule has 0 unspecified atom stereocenters. The number of ether oxygens (including phenoxy) is 1. The zero-order valence-corrected chi connectivity index (χ0v) is 12.9. The van der Waals surface area contributed by atoms with E-state index in [0.717, 1.165) is 0 Å². The highest BCUT2D eigenvalue weighted by atomic mass is 16.5. The van der Waals surface area contributed by atoms with Crippen molar-refractivity contribution >= 4 is 23.6 Å². The van der Waals surface area contributed by atoms with E-state index >= 15 is 0 Å². The molecule has 0 bridgehead atoms.